The molecule has 2 nitrogen and oxygen atoms in total. The first-order valence-corrected chi connectivity index (χ1v) is 8.81. The van der Waals surface area contributed by atoms with Gasteiger partial charge < -0.3 is 4.74 Å². The van der Waals surface area contributed by atoms with Crippen LogP contribution in [0.1, 0.15) is 70.4 Å². The molecule has 2 rings (SSSR count). The monoisotopic (exact) mass is 326 g/mol. The van der Waals surface area contributed by atoms with Crippen molar-refractivity contribution in [2.75, 3.05) is 0 Å². The molecule has 0 fully saturated rings. The number of ether oxygens (including phenoxy) is 1. The van der Waals surface area contributed by atoms with Crippen LogP contribution in [0.2, 0.25) is 0 Å². The lowest BCUT2D eigenvalue weighted by Gasteiger charge is -2.09. The molecule has 0 radical (unpaired) electrons. The van der Waals surface area contributed by atoms with E-state index in [2.05, 4.69) is 58.0 Å². The van der Waals surface area contributed by atoms with Gasteiger partial charge >= 0.3 is 5.97 Å². The lowest BCUT2D eigenvalue weighted by atomic mass is 9.99. The van der Waals surface area contributed by atoms with E-state index in [1.807, 2.05) is 24.3 Å². The molecular weight excluding hydrogens is 296 g/mol. The van der Waals surface area contributed by atoms with E-state index in [4.69, 9.17) is 4.74 Å². The zero-order valence-electron chi connectivity index (χ0n) is 15.6. The molecule has 0 aromatic heterocycles. The highest BCUT2D eigenvalue weighted by Crippen LogP contribution is 2.21. The molecule has 2 heteroatoms. The third-order valence-electron chi connectivity index (χ3n) is 4.30. The van der Waals surface area contributed by atoms with Crippen LogP contribution in [-0.4, -0.2) is 5.97 Å². The van der Waals surface area contributed by atoms with Crippen LogP contribution >= 0.6 is 0 Å². The Bertz CT molecular complexity index is 587. The van der Waals surface area contributed by atoms with E-state index in [0.717, 1.165) is 6.42 Å². The average molecular weight is 326 g/mol. The Kier molecular flexibility index (Phi) is 8.85. The number of hydrogen-bond acceptors (Lipinski definition) is 2. The van der Waals surface area contributed by atoms with E-state index < -0.39 is 0 Å². The van der Waals surface area contributed by atoms with Crippen molar-refractivity contribution in [1.82, 2.24) is 0 Å². The van der Waals surface area contributed by atoms with Crippen molar-refractivity contribution >= 4 is 5.97 Å². The van der Waals surface area contributed by atoms with Crippen molar-refractivity contribution < 1.29 is 9.53 Å². The molecule has 0 saturated carbocycles. The molecule has 2 aromatic rings. The summed E-state index contributed by atoms with van der Waals surface area (Å²) in [4.78, 5) is 10.7. The van der Waals surface area contributed by atoms with Gasteiger partial charge in [-0.05, 0) is 47.9 Å². The molecule has 0 aliphatic heterocycles. The molecule has 2 atom stereocenters. The Balaban J connectivity index is 0.000000254. The van der Waals surface area contributed by atoms with Crippen LogP contribution in [0.5, 0.6) is 5.75 Å². The molecule has 0 spiro atoms. The zero-order valence-corrected chi connectivity index (χ0v) is 15.6. The van der Waals surface area contributed by atoms with Gasteiger partial charge in [-0.3, -0.25) is 4.79 Å². The molecule has 0 heterocycles. The second-order valence-corrected chi connectivity index (χ2v) is 6.19. The number of carbonyl (C=O) groups excluding carboxylic acids is 1. The molecule has 0 bridgehead atoms. The van der Waals surface area contributed by atoms with Crippen molar-refractivity contribution in [2.24, 2.45) is 0 Å². The second-order valence-electron chi connectivity index (χ2n) is 6.19. The van der Waals surface area contributed by atoms with Crippen LogP contribution in [-0.2, 0) is 4.79 Å². The highest BCUT2D eigenvalue weighted by molar-refractivity contribution is 5.69. The minimum absolute atomic E-state index is 0.277. The van der Waals surface area contributed by atoms with Gasteiger partial charge in [0.1, 0.15) is 5.75 Å². The van der Waals surface area contributed by atoms with Crippen molar-refractivity contribution in [3.63, 3.8) is 0 Å². The molecule has 2 unspecified atom stereocenters. The van der Waals surface area contributed by atoms with E-state index in [1.54, 1.807) is 0 Å². The van der Waals surface area contributed by atoms with E-state index in [1.165, 1.54) is 24.5 Å². The first kappa shape index (κ1) is 20.0. The van der Waals surface area contributed by atoms with Crippen molar-refractivity contribution in [3.05, 3.63) is 65.7 Å². The predicted octanol–water partition coefficient (Wildman–Crippen LogP) is 6.33. The Morgan fingerprint density at radius 1 is 0.833 bits per heavy atom. The largest absolute Gasteiger partial charge is 0.427 e. The summed E-state index contributed by atoms with van der Waals surface area (Å²) in [7, 11) is 0. The maximum Gasteiger partial charge on any atom is 0.308 e. The first-order chi connectivity index (χ1) is 11.5. The highest BCUT2D eigenvalue weighted by atomic mass is 16.5. The standard InChI is InChI=1S/C12H16O2.C10H14/c1-4-9(2)11-5-7-12(8-6-11)14-10(3)13;1-3-9(2)10-7-5-4-6-8-10/h5-9H,4H2,1-3H3;4-9H,3H2,1-2H3. The Morgan fingerprint density at radius 2 is 1.29 bits per heavy atom. The van der Waals surface area contributed by atoms with Crippen LogP contribution in [0.25, 0.3) is 0 Å². The molecule has 0 aliphatic rings. The van der Waals surface area contributed by atoms with Crippen LogP contribution < -0.4 is 4.74 Å². The van der Waals surface area contributed by atoms with Crippen LogP contribution in [0, 0.1) is 0 Å². The van der Waals surface area contributed by atoms with Gasteiger partial charge in [0.05, 0.1) is 0 Å². The molecule has 2 aromatic carbocycles. The van der Waals surface area contributed by atoms with E-state index >= 15 is 0 Å². The lowest BCUT2D eigenvalue weighted by Crippen LogP contribution is -2.01. The fourth-order valence-electron chi connectivity index (χ4n) is 2.28. The SMILES string of the molecule is CCC(C)c1ccc(OC(C)=O)cc1.CCC(C)c1ccccc1. The third-order valence-corrected chi connectivity index (χ3v) is 4.30. The Morgan fingerprint density at radius 3 is 1.71 bits per heavy atom. The molecule has 130 valence electrons. The fraction of sp³-hybridized carbons (Fsp3) is 0.409. The molecule has 0 aliphatic carbocycles. The van der Waals surface area contributed by atoms with E-state index in [-0.39, 0.29) is 5.97 Å². The summed E-state index contributed by atoms with van der Waals surface area (Å²) in [5.41, 5.74) is 2.73. The van der Waals surface area contributed by atoms with Crippen molar-refractivity contribution in [3.8, 4) is 5.75 Å². The molecule has 0 saturated heterocycles. The topological polar surface area (TPSA) is 26.3 Å². The molecular formula is C22H30O2. The summed E-state index contributed by atoms with van der Waals surface area (Å²) < 4.78 is 4.94. The van der Waals surface area contributed by atoms with Gasteiger partial charge in [0.25, 0.3) is 0 Å². The normalized spacial score (nSPS) is 12.5. The van der Waals surface area contributed by atoms with Crippen LogP contribution in [0.15, 0.2) is 54.6 Å². The summed E-state index contributed by atoms with van der Waals surface area (Å²) in [5, 5.41) is 0. The number of rotatable bonds is 5. The Labute approximate surface area is 146 Å². The van der Waals surface area contributed by atoms with Gasteiger partial charge in [0, 0.05) is 6.92 Å². The fourth-order valence-corrected chi connectivity index (χ4v) is 2.28. The molecule has 0 amide bonds. The lowest BCUT2D eigenvalue weighted by molar-refractivity contribution is -0.131. The summed E-state index contributed by atoms with van der Waals surface area (Å²) >= 11 is 0. The van der Waals surface area contributed by atoms with E-state index in [0.29, 0.717) is 17.6 Å². The third kappa shape index (κ3) is 6.99. The Hall–Kier alpha value is -2.09. The maximum atomic E-state index is 10.7. The number of hydrogen-bond donors (Lipinski definition) is 0. The average Bonchev–Trinajstić information content (AvgIpc) is 2.62. The zero-order chi connectivity index (χ0) is 17.9. The maximum absolute atomic E-state index is 10.7. The van der Waals surface area contributed by atoms with Gasteiger partial charge in [-0.25, -0.2) is 0 Å². The molecule has 0 N–H and O–H groups in total. The van der Waals surface area contributed by atoms with Gasteiger partial charge in [0.15, 0.2) is 0 Å². The van der Waals surface area contributed by atoms with Crippen LogP contribution in [0.3, 0.4) is 0 Å². The summed E-state index contributed by atoms with van der Waals surface area (Å²) in [6.07, 6.45) is 2.34. The number of carbonyl (C=O) groups is 1. The van der Waals surface area contributed by atoms with Gasteiger partial charge in [-0.15, -0.1) is 0 Å². The highest BCUT2D eigenvalue weighted by Gasteiger charge is 2.03. The number of benzene rings is 2. The van der Waals surface area contributed by atoms with Crippen molar-refractivity contribution in [1.29, 1.82) is 0 Å². The second kappa shape index (κ2) is 10.6. The van der Waals surface area contributed by atoms with Gasteiger partial charge in [-0.2, -0.15) is 0 Å². The quantitative estimate of drug-likeness (QED) is 0.474. The number of esters is 1. The minimum atomic E-state index is -0.277. The first-order valence-electron chi connectivity index (χ1n) is 8.81. The minimum Gasteiger partial charge on any atom is -0.427 e. The molecule has 24 heavy (non-hydrogen) atoms. The van der Waals surface area contributed by atoms with Gasteiger partial charge in [0.2, 0.25) is 0 Å². The van der Waals surface area contributed by atoms with Crippen LogP contribution in [0.4, 0.5) is 0 Å². The van der Waals surface area contributed by atoms with E-state index in [9.17, 15) is 4.79 Å². The predicted molar refractivity (Wildman–Crippen MR) is 102 cm³/mol. The van der Waals surface area contributed by atoms with Crippen molar-refractivity contribution in [2.45, 2.75) is 59.3 Å². The summed E-state index contributed by atoms with van der Waals surface area (Å²) in [6.45, 7) is 10.2. The summed E-state index contributed by atoms with van der Waals surface area (Å²) in [5.74, 6) is 1.61. The smallest absolute Gasteiger partial charge is 0.308 e. The van der Waals surface area contributed by atoms with Gasteiger partial charge in [-0.1, -0.05) is 70.2 Å². The summed E-state index contributed by atoms with van der Waals surface area (Å²) in [6, 6.07) is 18.3.